The Morgan fingerprint density at radius 3 is 2.58 bits per heavy atom. The van der Waals surface area contributed by atoms with Gasteiger partial charge in [-0.3, -0.25) is 19.4 Å². The molecule has 1 saturated heterocycles. The van der Waals surface area contributed by atoms with Gasteiger partial charge in [0.15, 0.2) is 0 Å². The molecule has 0 bridgehead atoms. The van der Waals surface area contributed by atoms with Crippen molar-refractivity contribution < 1.29 is 23.9 Å². The highest BCUT2D eigenvalue weighted by molar-refractivity contribution is 8.26. The molecule has 3 rings (SSSR count). The minimum absolute atomic E-state index is 0.141. The molecule has 1 aromatic carbocycles. The Labute approximate surface area is 185 Å². The third-order valence-corrected chi connectivity index (χ3v) is 5.63. The standard InChI is InChI=1S/C23H26N2O5S/c1-3-4-21(26)30-15(2)17-7-8-18(24-14-17)11-12-29-19-9-5-16(6-10-19)13-20-22(27)31-23(28)25-20/h5-10,14-15,20H,3-4,11-13H2,1-2H3,(H,25,28). The number of esters is 1. The number of hydrogen-bond donors (Lipinski definition) is 1. The molecule has 0 radical (unpaired) electrons. The molecule has 7 nitrogen and oxygen atoms in total. The van der Waals surface area contributed by atoms with Crippen molar-refractivity contribution in [2.45, 2.75) is 51.7 Å². The summed E-state index contributed by atoms with van der Waals surface area (Å²) < 4.78 is 11.2. The van der Waals surface area contributed by atoms with Crippen LogP contribution in [0.2, 0.25) is 0 Å². The molecule has 31 heavy (non-hydrogen) atoms. The number of nitrogens with one attached hydrogen (secondary N) is 1. The van der Waals surface area contributed by atoms with Gasteiger partial charge in [0, 0.05) is 48.5 Å². The zero-order valence-corrected chi connectivity index (χ0v) is 18.4. The third kappa shape index (κ3) is 6.82. The van der Waals surface area contributed by atoms with E-state index in [4.69, 9.17) is 9.47 Å². The molecule has 1 amide bonds. The summed E-state index contributed by atoms with van der Waals surface area (Å²) in [6.45, 7) is 4.25. The van der Waals surface area contributed by atoms with Crippen molar-refractivity contribution >= 4 is 28.1 Å². The second-order valence-corrected chi connectivity index (χ2v) is 8.29. The average molecular weight is 443 g/mol. The SMILES string of the molecule is CCCC(=O)OC(C)c1ccc(CCOc2ccc(CC3NC(=O)SC3=O)cc2)nc1. The highest BCUT2D eigenvalue weighted by Gasteiger charge is 2.31. The fourth-order valence-electron chi connectivity index (χ4n) is 3.11. The van der Waals surface area contributed by atoms with Gasteiger partial charge in [0.1, 0.15) is 17.9 Å². The number of amides is 1. The molecule has 0 saturated carbocycles. The van der Waals surface area contributed by atoms with Gasteiger partial charge in [-0.15, -0.1) is 0 Å². The van der Waals surface area contributed by atoms with Crippen molar-refractivity contribution in [1.82, 2.24) is 10.3 Å². The Morgan fingerprint density at radius 2 is 1.97 bits per heavy atom. The lowest BCUT2D eigenvalue weighted by Gasteiger charge is -2.13. The summed E-state index contributed by atoms with van der Waals surface area (Å²) in [5.41, 5.74) is 2.71. The van der Waals surface area contributed by atoms with Gasteiger partial charge < -0.3 is 14.8 Å². The number of thioether (sulfide) groups is 1. The predicted molar refractivity (Wildman–Crippen MR) is 118 cm³/mol. The van der Waals surface area contributed by atoms with E-state index < -0.39 is 6.04 Å². The number of rotatable bonds is 10. The quantitative estimate of drug-likeness (QED) is 0.556. The molecule has 2 heterocycles. The van der Waals surface area contributed by atoms with Crippen LogP contribution in [-0.2, 0) is 27.2 Å². The van der Waals surface area contributed by atoms with E-state index in [2.05, 4.69) is 10.3 Å². The molecular weight excluding hydrogens is 416 g/mol. The first-order valence-corrected chi connectivity index (χ1v) is 11.1. The minimum Gasteiger partial charge on any atom is -0.493 e. The van der Waals surface area contributed by atoms with Crippen LogP contribution in [-0.4, -0.2) is 34.0 Å². The van der Waals surface area contributed by atoms with Crippen molar-refractivity contribution in [2.75, 3.05) is 6.61 Å². The number of carbonyl (C=O) groups excluding carboxylic acids is 3. The van der Waals surface area contributed by atoms with Gasteiger partial charge in [0.25, 0.3) is 5.24 Å². The molecule has 2 unspecified atom stereocenters. The van der Waals surface area contributed by atoms with Crippen LogP contribution >= 0.6 is 11.8 Å². The van der Waals surface area contributed by atoms with Crippen LogP contribution in [0, 0.1) is 0 Å². The van der Waals surface area contributed by atoms with Crippen molar-refractivity contribution in [2.24, 2.45) is 0 Å². The summed E-state index contributed by atoms with van der Waals surface area (Å²) in [5, 5.41) is 2.23. The predicted octanol–water partition coefficient (Wildman–Crippen LogP) is 4.00. The van der Waals surface area contributed by atoms with E-state index in [-0.39, 0.29) is 22.4 Å². The molecule has 1 N–H and O–H groups in total. The highest BCUT2D eigenvalue weighted by atomic mass is 32.2. The van der Waals surface area contributed by atoms with E-state index in [0.29, 0.717) is 25.9 Å². The minimum atomic E-state index is -0.462. The van der Waals surface area contributed by atoms with Crippen LogP contribution in [0.5, 0.6) is 5.75 Å². The Balaban J connectivity index is 1.43. The lowest BCUT2D eigenvalue weighted by molar-refractivity contribution is -0.148. The maximum Gasteiger partial charge on any atom is 0.306 e. The van der Waals surface area contributed by atoms with Crippen LogP contribution in [0.4, 0.5) is 4.79 Å². The first-order chi connectivity index (χ1) is 14.9. The first kappa shape index (κ1) is 22.8. The monoisotopic (exact) mass is 442 g/mol. The molecule has 164 valence electrons. The molecule has 8 heteroatoms. The zero-order chi connectivity index (χ0) is 22.2. The summed E-state index contributed by atoms with van der Waals surface area (Å²) in [5.74, 6) is 0.532. The molecule has 2 aromatic rings. The number of pyridine rings is 1. The second-order valence-electron chi connectivity index (χ2n) is 7.32. The second kappa shape index (κ2) is 10.9. The van der Waals surface area contributed by atoms with Crippen molar-refractivity contribution in [3.63, 3.8) is 0 Å². The maximum atomic E-state index is 11.7. The molecule has 1 aliphatic heterocycles. The van der Waals surface area contributed by atoms with E-state index in [1.54, 1.807) is 6.20 Å². The summed E-state index contributed by atoms with van der Waals surface area (Å²) in [4.78, 5) is 39.0. The fourth-order valence-corrected chi connectivity index (χ4v) is 3.78. The van der Waals surface area contributed by atoms with E-state index in [9.17, 15) is 14.4 Å². The van der Waals surface area contributed by atoms with Gasteiger partial charge in [0.05, 0.1) is 6.61 Å². The lowest BCUT2D eigenvalue weighted by Crippen LogP contribution is -2.30. The fraction of sp³-hybridized carbons (Fsp3) is 0.391. The van der Waals surface area contributed by atoms with Gasteiger partial charge in [-0.05, 0) is 37.1 Å². The van der Waals surface area contributed by atoms with Crippen molar-refractivity contribution in [3.8, 4) is 5.75 Å². The summed E-state index contributed by atoms with van der Waals surface area (Å²) in [6.07, 6.45) is 3.72. The Morgan fingerprint density at radius 1 is 1.19 bits per heavy atom. The molecule has 2 atom stereocenters. The van der Waals surface area contributed by atoms with Gasteiger partial charge in [0.2, 0.25) is 5.12 Å². The van der Waals surface area contributed by atoms with E-state index >= 15 is 0 Å². The number of benzene rings is 1. The maximum absolute atomic E-state index is 11.7. The molecule has 0 spiro atoms. The van der Waals surface area contributed by atoms with Gasteiger partial charge in [-0.25, -0.2) is 0 Å². The molecule has 1 aromatic heterocycles. The highest BCUT2D eigenvalue weighted by Crippen LogP contribution is 2.21. The molecule has 0 aliphatic carbocycles. The van der Waals surface area contributed by atoms with E-state index in [0.717, 1.165) is 40.8 Å². The lowest BCUT2D eigenvalue weighted by atomic mass is 10.1. The van der Waals surface area contributed by atoms with Gasteiger partial charge in [-0.1, -0.05) is 25.1 Å². The van der Waals surface area contributed by atoms with Crippen molar-refractivity contribution in [3.05, 3.63) is 59.4 Å². The Kier molecular flexibility index (Phi) is 8.06. The topological polar surface area (TPSA) is 94.6 Å². The van der Waals surface area contributed by atoms with Crippen LogP contribution in [0.3, 0.4) is 0 Å². The largest absolute Gasteiger partial charge is 0.493 e. The summed E-state index contributed by atoms with van der Waals surface area (Å²) in [7, 11) is 0. The van der Waals surface area contributed by atoms with Crippen LogP contribution in [0.1, 0.15) is 49.6 Å². The summed E-state index contributed by atoms with van der Waals surface area (Å²) >= 11 is 0.725. The van der Waals surface area contributed by atoms with E-state index in [1.165, 1.54) is 0 Å². The Hall–Kier alpha value is -2.87. The Bertz CT molecular complexity index is 915. The van der Waals surface area contributed by atoms with Crippen LogP contribution in [0.15, 0.2) is 42.6 Å². The molecular formula is C23H26N2O5S. The van der Waals surface area contributed by atoms with Crippen molar-refractivity contribution in [1.29, 1.82) is 0 Å². The summed E-state index contributed by atoms with van der Waals surface area (Å²) in [6, 6.07) is 10.9. The average Bonchev–Trinajstić information content (AvgIpc) is 3.06. The van der Waals surface area contributed by atoms with Crippen LogP contribution < -0.4 is 10.1 Å². The zero-order valence-electron chi connectivity index (χ0n) is 17.6. The third-order valence-electron chi connectivity index (χ3n) is 4.84. The number of carbonyl (C=O) groups is 3. The first-order valence-electron chi connectivity index (χ1n) is 10.3. The van der Waals surface area contributed by atoms with Gasteiger partial charge in [-0.2, -0.15) is 0 Å². The number of aromatic nitrogens is 1. The number of hydrogen-bond acceptors (Lipinski definition) is 7. The molecule has 1 fully saturated rings. The number of ether oxygens (including phenoxy) is 2. The van der Waals surface area contributed by atoms with E-state index in [1.807, 2.05) is 50.2 Å². The smallest absolute Gasteiger partial charge is 0.306 e. The van der Waals surface area contributed by atoms with Crippen LogP contribution in [0.25, 0.3) is 0 Å². The number of nitrogens with zero attached hydrogens (tertiary/aromatic N) is 1. The molecule has 1 aliphatic rings. The van der Waals surface area contributed by atoms with Gasteiger partial charge >= 0.3 is 5.97 Å². The normalized spacial score (nSPS) is 16.6.